The fourth-order valence-electron chi connectivity index (χ4n) is 5.22. The standard InChI is InChI=1S/C17H31N3O.ClH/c1-4-15(17-12-21-10-7-18-17)16(5-1)19-13-6-9-20-8-2-3-14(20)11-13;/h13-19H,1-12H2;1H. The highest BCUT2D eigenvalue weighted by Crippen LogP contribution is 2.32. The second kappa shape index (κ2) is 7.80. The first-order chi connectivity index (χ1) is 10.4. The number of hydrogen-bond donors (Lipinski definition) is 2. The van der Waals surface area contributed by atoms with E-state index in [2.05, 4.69) is 15.5 Å². The minimum absolute atomic E-state index is 0. The molecule has 0 radical (unpaired) electrons. The Bertz CT molecular complexity index is 351. The van der Waals surface area contributed by atoms with Gasteiger partial charge >= 0.3 is 0 Å². The maximum atomic E-state index is 5.69. The number of hydrogen-bond acceptors (Lipinski definition) is 4. The average molecular weight is 330 g/mol. The molecule has 5 heteroatoms. The van der Waals surface area contributed by atoms with Crippen LogP contribution in [0, 0.1) is 5.92 Å². The van der Waals surface area contributed by atoms with Crippen LogP contribution < -0.4 is 10.6 Å². The molecule has 128 valence electrons. The normalized spacial score (nSPS) is 42.8. The molecule has 1 saturated carbocycles. The summed E-state index contributed by atoms with van der Waals surface area (Å²) in [6, 6.07) is 2.96. The number of nitrogens with zero attached hydrogens (tertiary/aromatic N) is 1. The average Bonchev–Trinajstić information content (AvgIpc) is 3.16. The first kappa shape index (κ1) is 17.0. The van der Waals surface area contributed by atoms with Crippen molar-refractivity contribution in [1.29, 1.82) is 0 Å². The van der Waals surface area contributed by atoms with Crippen molar-refractivity contribution in [2.75, 3.05) is 32.8 Å². The van der Waals surface area contributed by atoms with Crippen LogP contribution in [-0.2, 0) is 4.74 Å². The van der Waals surface area contributed by atoms with Gasteiger partial charge in [0.1, 0.15) is 0 Å². The van der Waals surface area contributed by atoms with E-state index in [0.717, 1.165) is 43.8 Å². The van der Waals surface area contributed by atoms with Gasteiger partial charge in [-0.05, 0) is 57.5 Å². The van der Waals surface area contributed by atoms with Crippen molar-refractivity contribution in [3.8, 4) is 0 Å². The molecule has 3 saturated heterocycles. The van der Waals surface area contributed by atoms with Crippen LogP contribution in [0.2, 0.25) is 0 Å². The first-order valence-corrected chi connectivity index (χ1v) is 9.21. The molecule has 4 nitrogen and oxygen atoms in total. The SMILES string of the molecule is C1CC(NC2CCN3CCCC3C2)C(C2COCCN2)C1.Cl. The van der Waals surface area contributed by atoms with Crippen LogP contribution >= 0.6 is 12.4 Å². The number of fused-ring (bicyclic) bond motifs is 1. The number of nitrogens with one attached hydrogen (secondary N) is 2. The monoisotopic (exact) mass is 329 g/mol. The Hall–Kier alpha value is 0.130. The van der Waals surface area contributed by atoms with Crippen LogP contribution in [0.1, 0.15) is 44.9 Å². The molecule has 0 aromatic heterocycles. The molecule has 2 N–H and O–H groups in total. The maximum Gasteiger partial charge on any atom is 0.0623 e. The summed E-state index contributed by atoms with van der Waals surface area (Å²) in [5.74, 6) is 0.784. The van der Waals surface area contributed by atoms with Crippen LogP contribution in [0.25, 0.3) is 0 Å². The summed E-state index contributed by atoms with van der Waals surface area (Å²) >= 11 is 0. The van der Waals surface area contributed by atoms with E-state index in [1.54, 1.807) is 0 Å². The third-order valence-corrected chi connectivity index (χ3v) is 6.31. The summed E-state index contributed by atoms with van der Waals surface area (Å²) in [5.41, 5.74) is 0. The van der Waals surface area contributed by atoms with Gasteiger partial charge in [-0.25, -0.2) is 0 Å². The predicted octanol–water partition coefficient (Wildman–Crippen LogP) is 1.78. The smallest absolute Gasteiger partial charge is 0.0623 e. The minimum atomic E-state index is 0. The Morgan fingerprint density at radius 1 is 1.05 bits per heavy atom. The predicted molar refractivity (Wildman–Crippen MR) is 91.7 cm³/mol. The van der Waals surface area contributed by atoms with Crippen molar-refractivity contribution in [3.63, 3.8) is 0 Å². The number of ether oxygens (including phenoxy) is 1. The maximum absolute atomic E-state index is 5.69. The third kappa shape index (κ3) is 3.62. The summed E-state index contributed by atoms with van der Waals surface area (Å²) in [7, 11) is 0. The van der Waals surface area contributed by atoms with E-state index in [1.807, 2.05) is 0 Å². The number of piperidine rings is 1. The van der Waals surface area contributed by atoms with E-state index in [-0.39, 0.29) is 12.4 Å². The molecule has 3 heterocycles. The van der Waals surface area contributed by atoms with Crippen molar-refractivity contribution in [2.45, 2.75) is 69.1 Å². The zero-order valence-electron chi connectivity index (χ0n) is 13.6. The largest absolute Gasteiger partial charge is 0.379 e. The van der Waals surface area contributed by atoms with Gasteiger partial charge in [0.15, 0.2) is 0 Å². The lowest BCUT2D eigenvalue weighted by atomic mass is 9.91. The third-order valence-electron chi connectivity index (χ3n) is 6.31. The molecule has 4 aliphatic rings. The number of halogens is 1. The van der Waals surface area contributed by atoms with Crippen molar-refractivity contribution in [3.05, 3.63) is 0 Å². The molecule has 0 amide bonds. The van der Waals surface area contributed by atoms with E-state index in [1.165, 1.54) is 58.0 Å². The Balaban J connectivity index is 0.00000144. The molecule has 5 atom stereocenters. The summed E-state index contributed by atoms with van der Waals surface area (Å²) in [6.07, 6.45) is 9.74. The van der Waals surface area contributed by atoms with Crippen LogP contribution in [-0.4, -0.2) is 61.9 Å². The van der Waals surface area contributed by atoms with Crippen molar-refractivity contribution < 1.29 is 4.74 Å². The molecule has 0 aromatic rings. The van der Waals surface area contributed by atoms with E-state index in [4.69, 9.17) is 4.74 Å². The van der Waals surface area contributed by atoms with Crippen LogP contribution in [0.4, 0.5) is 0 Å². The van der Waals surface area contributed by atoms with Gasteiger partial charge in [0, 0.05) is 30.7 Å². The Morgan fingerprint density at radius 2 is 2.00 bits per heavy atom. The highest BCUT2D eigenvalue weighted by Gasteiger charge is 2.38. The van der Waals surface area contributed by atoms with Gasteiger partial charge in [-0.3, -0.25) is 0 Å². The first-order valence-electron chi connectivity index (χ1n) is 9.21. The van der Waals surface area contributed by atoms with Crippen LogP contribution in [0.5, 0.6) is 0 Å². The van der Waals surface area contributed by atoms with Crippen molar-refractivity contribution in [2.24, 2.45) is 5.92 Å². The van der Waals surface area contributed by atoms with Crippen molar-refractivity contribution >= 4 is 12.4 Å². The molecule has 1 aliphatic carbocycles. The molecule has 0 spiro atoms. The van der Waals surface area contributed by atoms with Gasteiger partial charge in [0.2, 0.25) is 0 Å². The quantitative estimate of drug-likeness (QED) is 0.827. The Morgan fingerprint density at radius 3 is 2.86 bits per heavy atom. The molecule has 0 aromatic carbocycles. The highest BCUT2D eigenvalue weighted by molar-refractivity contribution is 5.85. The lowest BCUT2D eigenvalue weighted by Crippen LogP contribution is -2.54. The second-order valence-corrected chi connectivity index (χ2v) is 7.56. The summed E-state index contributed by atoms with van der Waals surface area (Å²) in [5, 5.41) is 7.75. The number of morpholine rings is 1. The molecular formula is C17H32ClN3O. The van der Waals surface area contributed by atoms with Gasteiger partial charge in [0.25, 0.3) is 0 Å². The molecule has 4 fully saturated rings. The van der Waals surface area contributed by atoms with E-state index >= 15 is 0 Å². The molecular weight excluding hydrogens is 298 g/mol. The Kier molecular flexibility index (Phi) is 6.02. The minimum Gasteiger partial charge on any atom is -0.379 e. The zero-order valence-corrected chi connectivity index (χ0v) is 14.5. The summed E-state index contributed by atoms with van der Waals surface area (Å²) in [4.78, 5) is 2.72. The van der Waals surface area contributed by atoms with Crippen LogP contribution in [0.15, 0.2) is 0 Å². The number of rotatable bonds is 3. The fourth-order valence-corrected chi connectivity index (χ4v) is 5.22. The zero-order chi connectivity index (χ0) is 14.1. The van der Waals surface area contributed by atoms with Gasteiger partial charge in [-0.2, -0.15) is 0 Å². The molecule has 22 heavy (non-hydrogen) atoms. The topological polar surface area (TPSA) is 36.5 Å². The second-order valence-electron chi connectivity index (χ2n) is 7.56. The fraction of sp³-hybridized carbons (Fsp3) is 1.00. The molecule has 3 aliphatic heterocycles. The lowest BCUT2D eigenvalue weighted by molar-refractivity contribution is 0.0501. The van der Waals surface area contributed by atoms with E-state index in [9.17, 15) is 0 Å². The van der Waals surface area contributed by atoms with Crippen molar-refractivity contribution in [1.82, 2.24) is 15.5 Å². The molecule has 5 unspecified atom stereocenters. The Labute approximate surface area is 141 Å². The summed E-state index contributed by atoms with van der Waals surface area (Å²) in [6.45, 7) is 5.52. The lowest BCUT2D eigenvalue weighted by Gasteiger charge is -2.39. The molecule has 4 rings (SSSR count). The van der Waals surface area contributed by atoms with Gasteiger partial charge < -0.3 is 20.3 Å². The van der Waals surface area contributed by atoms with Crippen LogP contribution in [0.3, 0.4) is 0 Å². The summed E-state index contributed by atoms with van der Waals surface area (Å²) < 4.78 is 5.69. The van der Waals surface area contributed by atoms with Gasteiger partial charge in [-0.15, -0.1) is 12.4 Å². The van der Waals surface area contributed by atoms with Gasteiger partial charge in [0.05, 0.1) is 13.2 Å². The van der Waals surface area contributed by atoms with Gasteiger partial charge in [-0.1, -0.05) is 6.42 Å². The molecule has 0 bridgehead atoms. The highest BCUT2D eigenvalue weighted by atomic mass is 35.5. The van der Waals surface area contributed by atoms with E-state index in [0.29, 0.717) is 6.04 Å². The van der Waals surface area contributed by atoms with E-state index < -0.39 is 0 Å².